The van der Waals surface area contributed by atoms with Crippen molar-refractivity contribution in [1.82, 2.24) is 10.2 Å². The van der Waals surface area contributed by atoms with E-state index in [0.717, 1.165) is 43.2 Å². The standard InChI is InChI=1S/C24H34N2O2.2ClH/c1-19(2)9-11-22(26-15-13-25-14-16-26)21-10-12-23(27-3)24(17-21)28-18-20-7-5-4-6-8-20;;/h4-8,10,12,17,19,22,25H,9,11,13-16,18H2,1-3H3;2*1H/t22-;;/m0../s1. The van der Waals surface area contributed by atoms with Gasteiger partial charge in [-0.25, -0.2) is 0 Å². The average molecular weight is 455 g/mol. The number of rotatable bonds is 9. The first-order valence-corrected chi connectivity index (χ1v) is 10.5. The fourth-order valence-corrected chi connectivity index (χ4v) is 3.79. The molecule has 0 amide bonds. The van der Waals surface area contributed by atoms with E-state index in [1.807, 2.05) is 18.2 Å². The van der Waals surface area contributed by atoms with E-state index in [0.29, 0.717) is 18.6 Å². The van der Waals surface area contributed by atoms with Gasteiger partial charge in [-0.3, -0.25) is 4.90 Å². The molecule has 6 heteroatoms. The van der Waals surface area contributed by atoms with E-state index in [4.69, 9.17) is 9.47 Å². The van der Waals surface area contributed by atoms with Gasteiger partial charge in [0, 0.05) is 32.2 Å². The van der Waals surface area contributed by atoms with Gasteiger partial charge in [-0.05, 0) is 42.0 Å². The summed E-state index contributed by atoms with van der Waals surface area (Å²) in [4.78, 5) is 2.61. The second kappa shape index (κ2) is 13.8. The fraction of sp³-hybridized carbons (Fsp3) is 0.500. The second-order valence-corrected chi connectivity index (χ2v) is 7.96. The van der Waals surface area contributed by atoms with Crippen LogP contribution in [0.3, 0.4) is 0 Å². The van der Waals surface area contributed by atoms with Gasteiger partial charge >= 0.3 is 0 Å². The van der Waals surface area contributed by atoms with Gasteiger partial charge in [-0.1, -0.05) is 50.2 Å². The molecule has 1 fully saturated rings. The summed E-state index contributed by atoms with van der Waals surface area (Å²) in [6.45, 7) is 9.46. The van der Waals surface area contributed by atoms with Crippen LogP contribution in [-0.4, -0.2) is 38.2 Å². The van der Waals surface area contributed by atoms with Gasteiger partial charge in [0.25, 0.3) is 0 Å². The van der Waals surface area contributed by atoms with Crippen LogP contribution in [0.1, 0.15) is 43.9 Å². The number of hydrogen-bond donors (Lipinski definition) is 1. The molecule has 0 bridgehead atoms. The highest BCUT2D eigenvalue weighted by molar-refractivity contribution is 5.85. The predicted molar refractivity (Wildman–Crippen MR) is 130 cm³/mol. The monoisotopic (exact) mass is 454 g/mol. The van der Waals surface area contributed by atoms with Crippen LogP contribution in [0.2, 0.25) is 0 Å². The Bertz CT molecular complexity index is 722. The Kier molecular flexibility index (Phi) is 12.2. The summed E-state index contributed by atoms with van der Waals surface area (Å²) in [5.41, 5.74) is 2.49. The van der Waals surface area contributed by atoms with Crippen LogP contribution in [-0.2, 0) is 6.61 Å². The molecule has 0 unspecified atom stereocenters. The SMILES string of the molecule is COc1ccc([C@H](CCC(C)C)N2CCNCC2)cc1OCc1ccccc1.Cl.Cl. The first kappa shape index (κ1) is 26.6. The smallest absolute Gasteiger partial charge is 0.161 e. The Hall–Kier alpha value is -1.46. The van der Waals surface area contributed by atoms with E-state index in [1.54, 1.807) is 7.11 Å². The molecule has 30 heavy (non-hydrogen) atoms. The van der Waals surface area contributed by atoms with E-state index in [2.05, 4.69) is 54.4 Å². The van der Waals surface area contributed by atoms with Crippen LogP contribution in [0.4, 0.5) is 0 Å². The van der Waals surface area contributed by atoms with Gasteiger partial charge in [0.05, 0.1) is 7.11 Å². The first-order chi connectivity index (χ1) is 13.7. The van der Waals surface area contributed by atoms with Gasteiger partial charge in [0.15, 0.2) is 11.5 Å². The number of hydrogen-bond acceptors (Lipinski definition) is 4. The Labute approximate surface area is 194 Å². The van der Waals surface area contributed by atoms with Gasteiger partial charge in [0.1, 0.15) is 6.61 Å². The lowest BCUT2D eigenvalue weighted by molar-refractivity contribution is 0.159. The molecule has 1 saturated heterocycles. The first-order valence-electron chi connectivity index (χ1n) is 10.5. The Morgan fingerprint density at radius 2 is 1.63 bits per heavy atom. The molecular weight excluding hydrogens is 419 g/mol. The number of nitrogens with one attached hydrogen (secondary N) is 1. The number of benzene rings is 2. The minimum atomic E-state index is 0. The summed E-state index contributed by atoms with van der Waals surface area (Å²) in [5, 5.41) is 3.47. The molecule has 0 aliphatic carbocycles. The zero-order chi connectivity index (χ0) is 19.8. The molecule has 1 aliphatic heterocycles. The van der Waals surface area contributed by atoms with Crippen molar-refractivity contribution < 1.29 is 9.47 Å². The number of methoxy groups -OCH3 is 1. The third-order valence-corrected chi connectivity index (χ3v) is 5.42. The van der Waals surface area contributed by atoms with E-state index in [-0.39, 0.29) is 24.8 Å². The summed E-state index contributed by atoms with van der Waals surface area (Å²) in [7, 11) is 1.71. The van der Waals surface area contributed by atoms with Crippen molar-refractivity contribution in [3.8, 4) is 11.5 Å². The van der Waals surface area contributed by atoms with Crippen molar-refractivity contribution in [3.05, 3.63) is 59.7 Å². The number of halogens is 2. The van der Waals surface area contributed by atoms with Crippen molar-refractivity contribution in [2.24, 2.45) is 5.92 Å². The van der Waals surface area contributed by atoms with Crippen LogP contribution < -0.4 is 14.8 Å². The summed E-state index contributed by atoms with van der Waals surface area (Å²) < 4.78 is 11.7. The van der Waals surface area contributed by atoms with Crippen molar-refractivity contribution in [3.63, 3.8) is 0 Å². The minimum absolute atomic E-state index is 0. The molecule has 2 aromatic carbocycles. The highest BCUT2D eigenvalue weighted by Crippen LogP contribution is 2.35. The van der Waals surface area contributed by atoms with Gasteiger partial charge in [-0.15, -0.1) is 24.8 Å². The topological polar surface area (TPSA) is 33.7 Å². The molecular formula is C24H36Cl2N2O2. The van der Waals surface area contributed by atoms with E-state index in [9.17, 15) is 0 Å². The van der Waals surface area contributed by atoms with E-state index in [1.165, 1.54) is 18.4 Å². The molecule has 0 spiro atoms. The maximum atomic E-state index is 6.16. The molecule has 1 heterocycles. The maximum absolute atomic E-state index is 6.16. The molecule has 3 rings (SSSR count). The molecule has 1 aliphatic rings. The van der Waals surface area contributed by atoms with Crippen LogP contribution in [0, 0.1) is 5.92 Å². The highest BCUT2D eigenvalue weighted by atomic mass is 35.5. The molecule has 1 atom stereocenters. The highest BCUT2D eigenvalue weighted by Gasteiger charge is 2.23. The van der Waals surface area contributed by atoms with Gasteiger partial charge in [0.2, 0.25) is 0 Å². The molecule has 0 aromatic heterocycles. The van der Waals surface area contributed by atoms with Crippen molar-refractivity contribution in [1.29, 1.82) is 0 Å². The zero-order valence-electron chi connectivity index (χ0n) is 18.3. The van der Waals surface area contributed by atoms with E-state index >= 15 is 0 Å². The van der Waals surface area contributed by atoms with Gasteiger partial charge in [-0.2, -0.15) is 0 Å². The Balaban J connectivity index is 0.00000225. The molecule has 2 aromatic rings. The van der Waals surface area contributed by atoms with Crippen LogP contribution in [0.25, 0.3) is 0 Å². The normalized spacial score (nSPS) is 15.1. The van der Waals surface area contributed by atoms with Crippen LogP contribution in [0.15, 0.2) is 48.5 Å². The predicted octanol–water partition coefficient (Wildman–Crippen LogP) is 5.50. The van der Waals surface area contributed by atoms with E-state index < -0.39 is 0 Å². The lowest BCUT2D eigenvalue weighted by atomic mass is 9.95. The maximum Gasteiger partial charge on any atom is 0.161 e. The van der Waals surface area contributed by atoms with Crippen LogP contribution >= 0.6 is 24.8 Å². The Morgan fingerprint density at radius 1 is 0.933 bits per heavy atom. The van der Waals surface area contributed by atoms with Crippen LogP contribution in [0.5, 0.6) is 11.5 Å². The Morgan fingerprint density at radius 3 is 2.27 bits per heavy atom. The van der Waals surface area contributed by atoms with Gasteiger partial charge < -0.3 is 14.8 Å². The molecule has 4 nitrogen and oxygen atoms in total. The zero-order valence-corrected chi connectivity index (χ0v) is 19.9. The number of piperazine rings is 1. The van der Waals surface area contributed by atoms with Crippen molar-refractivity contribution in [2.75, 3.05) is 33.3 Å². The quantitative estimate of drug-likeness (QED) is 0.542. The summed E-state index contributed by atoms with van der Waals surface area (Å²) in [6.07, 6.45) is 2.39. The largest absolute Gasteiger partial charge is 0.493 e. The lowest BCUT2D eigenvalue weighted by Crippen LogP contribution is -2.45. The fourth-order valence-electron chi connectivity index (χ4n) is 3.79. The van der Waals surface area contributed by atoms with Crippen molar-refractivity contribution in [2.45, 2.75) is 39.3 Å². The van der Waals surface area contributed by atoms with Crippen molar-refractivity contribution >= 4 is 24.8 Å². The summed E-state index contributed by atoms with van der Waals surface area (Å²) in [6, 6.07) is 17.2. The average Bonchev–Trinajstić information content (AvgIpc) is 2.74. The lowest BCUT2D eigenvalue weighted by Gasteiger charge is -2.36. The molecule has 0 radical (unpaired) electrons. The third-order valence-electron chi connectivity index (χ3n) is 5.42. The molecule has 0 saturated carbocycles. The minimum Gasteiger partial charge on any atom is -0.493 e. The summed E-state index contributed by atoms with van der Waals surface area (Å²) in [5.74, 6) is 2.33. The number of nitrogens with zero attached hydrogens (tertiary/aromatic N) is 1. The third kappa shape index (κ3) is 7.66. The molecule has 168 valence electrons. The number of ether oxygens (including phenoxy) is 2. The molecule has 1 N–H and O–H groups in total. The summed E-state index contributed by atoms with van der Waals surface area (Å²) >= 11 is 0. The second-order valence-electron chi connectivity index (χ2n) is 7.96.